The van der Waals surface area contributed by atoms with Gasteiger partial charge in [-0.2, -0.15) is 10.1 Å². The summed E-state index contributed by atoms with van der Waals surface area (Å²) < 4.78 is 19.2. The van der Waals surface area contributed by atoms with E-state index in [4.69, 9.17) is 4.74 Å². The van der Waals surface area contributed by atoms with E-state index in [-0.39, 0.29) is 29.9 Å². The summed E-state index contributed by atoms with van der Waals surface area (Å²) in [5.41, 5.74) is 0.873. The van der Waals surface area contributed by atoms with Gasteiger partial charge >= 0.3 is 12.0 Å². The Morgan fingerprint density at radius 2 is 2.12 bits per heavy atom. The molecule has 2 aromatic rings. The minimum absolute atomic E-state index is 0.00876. The number of piperazine rings is 1. The molecule has 0 aromatic carbocycles. The van der Waals surface area contributed by atoms with Gasteiger partial charge in [-0.25, -0.2) is 14.2 Å². The smallest absolute Gasteiger partial charge is 0.321 e. The lowest BCUT2D eigenvalue weighted by Crippen LogP contribution is -2.63. The first-order chi connectivity index (χ1) is 15.5. The van der Waals surface area contributed by atoms with Crippen molar-refractivity contribution in [1.82, 2.24) is 34.9 Å². The summed E-state index contributed by atoms with van der Waals surface area (Å²) in [6, 6.07) is -0.231. The van der Waals surface area contributed by atoms with Gasteiger partial charge in [-0.3, -0.25) is 10.00 Å². The highest BCUT2D eigenvalue weighted by Gasteiger charge is 2.47. The van der Waals surface area contributed by atoms with Gasteiger partial charge < -0.3 is 25.0 Å². The topological polar surface area (TPSA) is 123 Å². The number of aliphatic hydroxyl groups is 1. The maximum absolute atomic E-state index is 14.2. The molecule has 11 nitrogen and oxygen atoms in total. The van der Waals surface area contributed by atoms with E-state index in [0.717, 1.165) is 17.5 Å². The molecule has 12 heteroatoms. The van der Waals surface area contributed by atoms with Crippen LogP contribution in [0.15, 0.2) is 6.20 Å². The molecule has 2 aliphatic rings. The van der Waals surface area contributed by atoms with Crippen LogP contribution in [0.25, 0.3) is 0 Å². The SMILES string of the molecule is COc1ncc(F)c(Nc2n[nH]c3c2CN(C(=O)N2CC(C(C)O)N(C)C[C@@H]2C)C3(C)C)n1. The minimum atomic E-state index is -0.662. The average Bonchev–Trinajstić information content (AvgIpc) is 3.27. The summed E-state index contributed by atoms with van der Waals surface area (Å²) in [5.74, 6) is -0.319. The van der Waals surface area contributed by atoms with E-state index in [1.54, 1.807) is 11.8 Å². The fraction of sp³-hybridized carbons (Fsp3) is 0.619. The molecule has 0 bridgehead atoms. The molecule has 0 spiro atoms. The number of halogens is 1. The standard InChI is InChI=1S/C21H31FN8O3/c1-11-8-28(5)15(12(2)31)10-29(11)20(32)30-9-13-16(21(30,3)4)26-27-17(13)24-18-14(22)7-23-19(25-18)33-6/h7,11-12,15,31H,8-10H2,1-6H3,(H2,23,24,25,26,27)/t11-,12?,15?/m0/s1. The van der Waals surface area contributed by atoms with E-state index >= 15 is 0 Å². The van der Waals surface area contributed by atoms with Crippen LogP contribution in [0.2, 0.25) is 0 Å². The normalized spacial score (nSPS) is 23.4. The van der Waals surface area contributed by atoms with Crippen LogP contribution in [0.4, 0.5) is 20.8 Å². The number of hydrogen-bond donors (Lipinski definition) is 3. The van der Waals surface area contributed by atoms with Gasteiger partial charge in [0.25, 0.3) is 0 Å². The summed E-state index contributed by atoms with van der Waals surface area (Å²) in [4.78, 5) is 27.1. The van der Waals surface area contributed by atoms with Crippen molar-refractivity contribution >= 4 is 17.7 Å². The van der Waals surface area contributed by atoms with Crippen molar-refractivity contribution < 1.29 is 19.0 Å². The van der Waals surface area contributed by atoms with Gasteiger partial charge in [0.1, 0.15) is 0 Å². The van der Waals surface area contributed by atoms with Gasteiger partial charge in [-0.15, -0.1) is 0 Å². The maximum Gasteiger partial charge on any atom is 0.321 e. The minimum Gasteiger partial charge on any atom is -0.467 e. The van der Waals surface area contributed by atoms with Crippen molar-refractivity contribution in [3.63, 3.8) is 0 Å². The highest BCUT2D eigenvalue weighted by atomic mass is 19.1. The number of nitrogens with one attached hydrogen (secondary N) is 2. The van der Waals surface area contributed by atoms with Gasteiger partial charge in [0.2, 0.25) is 0 Å². The molecule has 1 saturated heterocycles. The molecule has 1 fully saturated rings. The zero-order chi connectivity index (χ0) is 24.1. The van der Waals surface area contributed by atoms with Gasteiger partial charge in [0.05, 0.1) is 43.2 Å². The number of nitrogens with zero attached hydrogens (tertiary/aromatic N) is 6. The number of carbonyl (C=O) groups is 1. The molecule has 0 saturated carbocycles. The number of ether oxygens (including phenoxy) is 1. The summed E-state index contributed by atoms with van der Waals surface area (Å²) >= 11 is 0. The van der Waals surface area contributed by atoms with Crippen molar-refractivity contribution in [1.29, 1.82) is 0 Å². The average molecular weight is 463 g/mol. The molecular formula is C21H31FN8O3. The molecule has 0 radical (unpaired) electrons. The third-order valence-electron chi connectivity index (χ3n) is 6.68. The number of amides is 2. The predicted molar refractivity (Wildman–Crippen MR) is 119 cm³/mol. The Kier molecular flexibility index (Phi) is 5.91. The molecule has 2 amide bonds. The van der Waals surface area contributed by atoms with Crippen molar-refractivity contribution in [2.75, 3.05) is 32.6 Å². The van der Waals surface area contributed by atoms with Crippen LogP contribution in [0.3, 0.4) is 0 Å². The van der Waals surface area contributed by atoms with Crippen molar-refractivity contribution in [2.24, 2.45) is 0 Å². The fourth-order valence-electron chi connectivity index (χ4n) is 4.69. The first-order valence-electron chi connectivity index (χ1n) is 10.9. The highest BCUT2D eigenvalue weighted by molar-refractivity contribution is 5.78. The fourth-order valence-corrected chi connectivity index (χ4v) is 4.69. The Labute approximate surface area is 191 Å². The van der Waals surface area contributed by atoms with Crippen LogP contribution >= 0.6 is 0 Å². The van der Waals surface area contributed by atoms with Gasteiger partial charge in [0, 0.05) is 24.7 Å². The molecule has 3 atom stereocenters. The number of likely N-dealkylation sites (N-methyl/N-ethyl adjacent to an activating group) is 1. The molecular weight excluding hydrogens is 431 g/mol. The molecule has 2 aliphatic heterocycles. The van der Waals surface area contributed by atoms with Crippen LogP contribution in [0, 0.1) is 5.82 Å². The lowest BCUT2D eigenvalue weighted by molar-refractivity contribution is -0.00465. The van der Waals surface area contributed by atoms with Crippen LogP contribution < -0.4 is 10.1 Å². The number of carbonyl (C=O) groups excluding carboxylic acids is 1. The van der Waals surface area contributed by atoms with Crippen molar-refractivity contribution in [3.05, 3.63) is 23.3 Å². The monoisotopic (exact) mass is 462 g/mol. The second-order valence-electron chi connectivity index (χ2n) is 9.28. The number of aliphatic hydroxyl groups excluding tert-OH is 1. The number of urea groups is 1. The Balaban J connectivity index is 1.58. The van der Waals surface area contributed by atoms with Gasteiger partial charge in [0.15, 0.2) is 17.5 Å². The van der Waals surface area contributed by atoms with E-state index < -0.39 is 17.5 Å². The number of methoxy groups -OCH3 is 1. The van der Waals surface area contributed by atoms with Crippen LogP contribution in [0.1, 0.15) is 39.0 Å². The number of aromatic amines is 1. The van der Waals surface area contributed by atoms with Crippen molar-refractivity contribution in [3.8, 4) is 6.01 Å². The summed E-state index contributed by atoms with van der Waals surface area (Å²) in [7, 11) is 3.36. The molecule has 4 rings (SSSR count). The first-order valence-corrected chi connectivity index (χ1v) is 10.9. The number of hydrogen-bond acceptors (Lipinski definition) is 8. The second kappa shape index (κ2) is 8.41. The van der Waals surface area contributed by atoms with E-state index in [2.05, 4.69) is 30.4 Å². The lowest BCUT2D eigenvalue weighted by Gasteiger charge is -2.47. The summed E-state index contributed by atoms with van der Waals surface area (Å²) in [5, 5.41) is 20.4. The molecule has 2 aromatic heterocycles. The van der Waals surface area contributed by atoms with Crippen LogP contribution in [-0.2, 0) is 12.1 Å². The van der Waals surface area contributed by atoms with E-state index in [1.165, 1.54) is 7.11 Å². The van der Waals surface area contributed by atoms with Crippen LogP contribution in [-0.4, -0.2) is 91.4 Å². The Morgan fingerprint density at radius 1 is 1.39 bits per heavy atom. The highest BCUT2D eigenvalue weighted by Crippen LogP contribution is 2.42. The number of aromatic nitrogens is 4. The number of H-pyrrole nitrogens is 1. The largest absolute Gasteiger partial charge is 0.467 e. The molecule has 180 valence electrons. The molecule has 4 heterocycles. The molecule has 33 heavy (non-hydrogen) atoms. The lowest BCUT2D eigenvalue weighted by atomic mass is 10.0. The van der Waals surface area contributed by atoms with E-state index in [0.29, 0.717) is 25.5 Å². The third kappa shape index (κ3) is 3.97. The quantitative estimate of drug-likeness (QED) is 0.627. The van der Waals surface area contributed by atoms with E-state index in [1.807, 2.05) is 32.7 Å². The van der Waals surface area contributed by atoms with Crippen molar-refractivity contribution in [2.45, 2.75) is 58.0 Å². The number of anilines is 2. The first kappa shape index (κ1) is 23.2. The Morgan fingerprint density at radius 3 is 2.79 bits per heavy atom. The Bertz CT molecular complexity index is 1040. The summed E-state index contributed by atoms with van der Waals surface area (Å²) in [6.07, 6.45) is 0.464. The molecule has 2 unspecified atom stereocenters. The zero-order valence-electron chi connectivity index (χ0n) is 19.8. The zero-order valence-corrected chi connectivity index (χ0v) is 19.8. The number of rotatable bonds is 4. The predicted octanol–water partition coefficient (Wildman–Crippen LogP) is 1.65. The van der Waals surface area contributed by atoms with Crippen LogP contribution in [0.5, 0.6) is 6.01 Å². The number of fused-ring (bicyclic) bond motifs is 1. The van der Waals surface area contributed by atoms with Gasteiger partial charge in [-0.05, 0) is 34.7 Å². The third-order valence-corrected chi connectivity index (χ3v) is 6.68. The molecule has 0 aliphatic carbocycles. The Hall–Kier alpha value is -2.99. The second-order valence-corrected chi connectivity index (χ2v) is 9.28. The maximum atomic E-state index is 14.2. The van der Waals surface area contributed by atoms with Gasteiger partial charge in [-0.1, -0.05) is 0 Å². The molecule has 3 N–H and O–H groups in total. The van der Waals surface area contributed by atoms with E-state index in [9.17, 15) is 14.3 Å². The summed E-state index contributed by atoms with van der Waals surface area (Å²) in [6.45, 7) is 9.04.